The average molecular weight is 488 g/mol. The van der Waals surface area contributed by atoms with Gasteiger partial charge in [0, 0.05) is 25.5 Å². The first-order valence-electron chi connectivity index (χ1n) is 10.3. The summed E-state index contributed by atoms with van der Waals surface area (Å²) < 4.78 is 31.3. The van der Waals surface area contributed by atoms with Crippen molar-refractivity contribution in [2.45, 2.75) is 28.9 Å². The Morgan fingerprint density at radius 3 is 2.64 bits per heavy atom. The lowest BCUT2D eigenvalue weighted by atomic mass is 10.2. The highest BCUT2D eigenvalue weighted by Gasteiger charge is 2.23. The predicted octanol–water partition coefficient (Wildman–Crippen LogP) is 3.19. The van der Waals surface area contributed by atoms with Crippen LogP contribution in [-0.4, -0.2) is 61.6 Å². The SMILES string of the molecule is COc1ccc(S(=O)(=O)N(C)C)cc1NC(=O)CSc1nc(NC2CC2)c2ccccc2n1. The van der Waals surface area contributed by atoms with E-state index < -0.39 is 10.0 Å². The third kappa shape index (κ3) is 5.37. The van der Waals surface area contributed by atoms with E-state index in [-0.39, 0.29) is 22.2 Å². The molecule has 0 radical (unpaired) electrons. The van der Waals surface area contributed by atoms with E-state index in [0.717, 1.165) is 33.9 Å². The fourth-order valence-corrected chi connectivity index (χ4v) is 4.70. The first-order valence-corrected chi connectivity index (χ1v) is 12.8. The quantitative estimate of drug-likeness (QED) is 0.349. The molecule has 0 unspecified atom stereocenters. The van der Waals surface area contributed by atoms with Crippen LogP contribution >= 0.6 is 11.8 Å². The lowest BCUT2D eigenvalue weighted by Gasteiger charge is -2.15. The zero-order chi connectivity index (χ0) is 23.6. The molecule has 1 aliphatic rings. The van der Waals surface area contributed by atoms with Gasteiger partial charge in [0.05, 0.1) is 29.0 Å². The monoisotopic (exact) mass is 487 g/mol. The number of para-hydroxylation sites is 1. The van der Waals surface area contributed by atoms with Crippen molar-refractivity contribution in [1.29, 1.82) is 0 Å². The summed E-state index contributed by atoms with van der Waals surface area (Å²) in [5.74, 6) is 0.860. The lowest BCUT2D eigenvalue weighted by Crippen LogP contribution is -2.22. The van der Waals surface area contributed by atoms with Gasteiger partial charge in [-0.25, -0.2) is 22.7 Å². The van der Waals surface area contributed by atoms with E-state index in [9.17, 15) is 13.2 Å². The molecule has 1 aromatic heterocycles. The van der Waals surface area contributed by atoms with Gasteiger partial charge in [-0.05, 0) is 43.2 Å². The minimum absolute atomic E-state index is 0.0506. The van der Waals surface area contributed by atoms with Gasteiger partial charge >= 0.3 is 0 Å². The van der Waals surface area contributed by atoms with Crippen LogP contribution in [0.2, 0.25) is 0 Å². The van der Waals surface area contributed by atoms with Gasteiger partial charge in [0.15, 0.2) is 5.16 Å². The number of nitrogens with zero attached hydrogens (tertiary/aromatic N) is 3. The van der Waals surface area contributed by atoms with Gasteiger partial charge < -0.3 is 15.4 Å². The van der Waals surface area contributed by atoms with Gasteiger partial charge in [-0.1, -0.05) is 23.9 Å². The van der Waals surface area contributed by atoms with E-state index in [0.29, 0.717) is 16.9 Å². The Hall–Kier alpha value is -2.89. The molecule has 3 aromatic rings. The van der Waals surface area contributed by atoms with Gasteiger partial charge in [0.2, 0.25) is 15.9 Å². The second kappa shape index (κ2) is 9.54. The van der Waals surface area contributed by atoms with E-state index in [1.54, 1.807) is 0 Å². The molecule has 1 saturated carbocycles. The highest BCUT2D eigenvalue weighted by Crippen LogP contribution is 2.31. The van der Waals surface area contributed by atoms with Crippen molar-refractivity contribution in [3.63, 3.8) is 0 Å². The van der Waals surface area contributed by atoms with Crippen LogP contribution in [-0.2, 0) is 14.8 Å². The molecule has 9 nitrogen and oxygen atoms in total. The predicted molar refractivity (Wildman–Crippen MR) is 129 cm³/mol. The molecule has 11 heteroatoms. The number of hydrogen-bond acceptors (Lipinski definition) is 8. The molecule has 2 aromatic carbocycles. The van der Waals surface area contributed by atoms with Crippen LogP contribution < -0.4 is 15.4 Å². The number of ether oxygens (including phenoxy) is 1. The number of anilines is 2. The molecule has 0 atom stereocenters. The van der Waals surface area contributed by atoms with Crippen LogP contribution in [0.4, 0.5) is 11.5 Å². The molecule has 1 heterocycles. The molecule has 1 amide bonds. The fraction of sp³-hybridized carbons (Fsp3) is 0.318. The van der Waals surface area contributed by atoms with E-state index in [1.807, 2.05) is 24.3 Å². The van der Waals surface area contributed by atoms with Crippen molar-refractivity contribution in [3.8, 4) is 5.75 Å². The van der Waals surface area contributed by atoms with Gasteiger partial charge in [0.1, 0.15) is 11.6 Å². The zero-order valence-corrected chi connectivity index (χ0v) is 20.2. The zero-order valence-electron chi connectivity index (χ0n) is 18.5. The van der Waals surface area contributed by atoms with Crippen molar-refractivity contribution < 1.29 is 17.9 Å². The van der Waals surface area contributed by atoms with E-state index >= 15 is 0 Å². The number of methoxy groups -OCH3 is 1. The molecule has 33 heavy (non-hydrogen) atoms. The van der Waals surface area contributed by atoms with Gasteiger partial charge in [-0.3, -0.25) is 4.79 Å². The second-order valence-corrected chi connectivity index (χ2v) is 10.9. The Bertz CT molecular complexity index is 1290. The molecule has 0 aliphatic heterocycles. The second-order valence-electron chi connectivity index (χ2n) is 7.78. The maximum absolute atomic E-state index is 12.7. The van der Waals surface area contributed by atoms with Crippen molar-refractivity contribution in [2.75, 3.05) is 37.6 Å². The van der Waals surface area contributed by atoms with Crippen LogP contribution in [0.3, 0.4) is 0 Å². The summed E-state index contributed by atoms with van der Waals surface area (Å²) >= 11 is 1.21. The number of thioether (sulfide) groups is 1. The molecule has 0 bridgehead atoms. The van der Waals surface area contributed by atoms with Crippen molar-refractivity contribution >= 4 is 50.1 Å². The van der Waals surface area contributed by atoms with Crippen LogP contribution in [0.1, 0.15) is 12.8 Å². The van der Waals surface area contributed by atoms with Gasteiger partial charge in [0.25, 0.3) is 0 Å². The number of benzene rings is 2. The number of sulfonamides is 1. The molecule has 0 saturated heterocycles. The number of nitrogens with one attached hydrogen (secondary N) is 2. The number of rotatable bonds is 9. The Kier molecular flexibility index (Phi) is 6.73. The fourth-order valence-electron chi connectivity index (χ4n) is 3.12. The third-order valence-electron chi connectivity index (χ3n) is 5.06. The number of carbonyl (C=O) groups is 1. The standard InChI is InChI=1S/C22H25N5O4S2/c1-27(2)33(29,30)15-10-11-19(31-3)18(12-15)24-20(28)13-32-22-25-17-7-5-4-6-16(17)21(26-22)23-14-8-9-14/h4-7,10-12,14H,8-9,13H2,1-3H3,(H,24,28)(H,23,25,26). The Labute approximate surface area is 197 Å². The molecule has 1 aliphatic carbocycles. The summed E-state index contributed by atoms with van der Waals surface area (Å²) in [6.45, 7) is 0. The first-order chi connectivity index (χ1) is 15.8. The van der Waals surface area contributed by atoms with Crippen LogP contribution in [0.5, 0.6) is 5.75 Å². The molecular formula is C22H25N5O4S2. The Balaban J connectivity index is 1.50. The smallest absolute Gasteiger partial charge is 0.242 e. The van der Waals surface area contributed by atoms with E-state index in [4.69, 9.17) is 4.74 Å². The maximum atomic E-state index is 12.7. The molecule has 0 spiro atoms. The number of fused-ring (bicyclic) bond motifs is 1. The van der Waals surface area contributed by atoms with Crippen molar-refractivity contribution in [3.05, 3.63) is 42.5 Å². The highest BCUT2D eigenvalue weighted by molar-refractivity contribution is 7.99. The van der Waals surface area contributed by atoms with E-state index in [1.165, 1.54) is 51.2 Å². The molecule has 174 valence electrons. The minimum Gasteiger partial charge on any atom is -0.495 e. The largest absolute Gasteiger partial charge is 0.495 e. The van der Waals surface area contributed by atoms with Crippen molar-refractivity contribution in [1.82, 2.24) is 14.3 Å². The summed E-state index contributed by atoms with van der Waals surface area (Å²) in [6.07, 6.45) is 2.24. The van der Waals surface area contributed by atoms with Crippen LogP contribution in [0.15, 0.2) is 52.5 Å². The number of hydrogen-bond donors (Lipinski definition) is 2. The average Bonchev–Trinajstić information content (AvgIpc) is 3.61. The topological polar surface area (TPSA) is 114 Å². The molecular weight excluding hydrogens is 462 g/mol. The molecule has 1 fully saturated rings. The third-order valence-corrected chi connectivity index (χ3v) is 7.72. The van der Waals surface area contributed by atoms with Crippen LogP contribution in [0.25, 0.3) is 10.9 Å². The number of amides is 1. The van der Waals surface area contributed by atoms with Crippen LogP contribution in [0, 0.1) is 0 Å². The highest BCUT2D eigenvalue weighted by atomic mass is 32.2. The normalized spacial score (nSPS) is 13.8. The Morgan fingerprint density at radius 1 is 1.18 bits per heavy atom. The molecule has 2 N–H and O–H groups in total. The summed E-state index contributed by atoms with van der Waals surface area (Å²) in [7, 11) is 0.701. The summed E-state index contributed by atoms with van der Waals surface area (Å²) in [6, 6.07) is 12.5. The number of carbonyl (C=O) groups excluding carboxylic acids is 1. The van der Waals surface area contributed by atoms with Gasteiger partial charge in [-0.2, -0.15) is 0 Å². The minimum atomic E-state index is -3.65. The summed E-state index contributed by atoms with van der Waals surface area (Å²) in [5.41, 5.74) is 1.09. The Morgan fingerprint density at radius 2 is 1.94 bits per heavy atom. The van der Waals surface area contributed by atoms with Crippen molar-refractivity contribution in [2.24, 2.45) is 0 Å². The summed E-state index contributed by atoms with van der Waals surface area (Å²) in [5, 5.41) is 7.60. The maximum Gasteiger partial charge on any atom is 0.242 e. The first kappa shape index (κ1) is 23.3. The summed E-state index contributed by atoms with van der Waals surface area (Å²) in [4.78, 5) is 21.9. The van der Waals surface area contributed by atoms with Gasteiger partial charge in [-0.15, -0.1) is 0 Å². The lowest BCUT2D eigenvalue weighted by molar-refractivity contribution is -0.113. The molecule has 4 rings (SSSR count). The van der Waals surface area contributed by atoms with E-state index in [2.05, 4.69) is 20.6 Å². The number of aromatic nitrogens is 2.